The van der Waals surface area contributed by atoms with Crippen LogP contribution >= 0.6 is 0 Å². The molecular weight excluding hydrogens is 308 g/mol. The van der Waals surface area contributed by atoms with Crippen molar-refractivity contribution in [2.24, 2.45) is 17.3 Å². The number of hydrogen-bond donors (Lipinski definition) is 2. The fourth-order valence-electron chi connectivity index (χ4n) is 2.97. The van der Waals surface area contributed by atoms with E-state index in [1.165, 1.54) is 13.2 Å². The highest BCUT2D eigenvalue weighted by Crippen LogP contribution is 2.58. The topological polar surface area (TPSA) is 75.6 Å². The molecule has 2 rings (SSSR count). The summed E-state index contributed by atoms with van der Waals surface area (Å²) >= 11 is 0. The van der Waals surface area contributed by atoms with Gasteiger partial charge >= 0.3 is 5.97 Å². The largest absolute Gasteiger partial charge is 0.481 e. The maximum absolute atomic E-state index is 13.4. The highest BCUT2D eigenvalue weighted by molar-refractivity contribution is 5.91. The molecule has 1 aliphatic rings. The number of carboxylic acids is 1. The Morgan fingerprint density at radius 3 is 2.43 bits per heavy atom. The number of carbonyl (C=O) groups excluding carboxylic acids is 1. The Morgan fingerprint density at radius 1 is 1.30 bits per heavy atom. The van der Waals surface area contributed by atoms with Crippen molar-refractivity contribution in [3.05, 3.63) is 35.4 Å². The number of hydrogen-bond acceptors (Lipinski definition) is 3. The van der Waals surface area contributed by atoms with Crippen LogP contribution in [-0.4, -0.2) is 30.7 Å². The zero-order chi connectivity index (χ0) is 17.4. The Morgan fingerprint density at radius 2 is 1.96 bits per heavy atom. The molecule has 3 atom stereocenters. The normalized spacial score (nSPS) is 23.2. The van der Waals surface area contributed by atoms with Gasteiger partial charge in [0.1, 0.15) is 0 Å². The quantitative estimate of drug-likeness (QED) is 0.839. The predicted octanol–water partition coefficient (Wildman–Crippen LogP) is 2.13. The van der Waals surface area contributed by atoms with Gasteiger partial charge < -0.3 is 15.2 Å². The monoisotopic (exact) mass is 327 g/mol. The second-order valence-electron chi connectivity index (χ2n) is 6.31. The van der Waals surface area contributed by atoms with Crippen molar-refractivity contribution in [3.63, 3.8) is 0 Å². The van der Waals surface area contributed by atoms with Gasteiger partial charge in [0.15, 0.2) is 11.6 Å². The van der Waals surface area contributed by atoms with Crippen molar-refractivity contribution in [3.8, 4) is 0 Å². The summed E-state index contributed by atoms with van der Waals surface area (Å²) in [5, 5.41) is 11.8. The van der Waals surface area contributed by atoms with Gasteiger partial charge in [0.05, 0.1) is 24.5 Å². The fraction of sp³-hybridized carbons (Fsp3) is 0.500. The van der Waals surface area contributed by atoms with Crippen LogP contribution in [0.3, 0.4) is 0 Å². The number of ether oxygens (including phenoxy) is 1. The zero-order valence-electron chi connectivity index (χ0n) is 13.1. The van der Waals surface area contributed by atoms with Crippen LogP contribution in [0.1, 0.15) is 25.5 Å². The number of amides is 1. The summed E-state index contributed by atoms with van der Waals surface area (Å²) in [6.07, 6.45) is 0. The second-order valence-corrected chi connectivity index (χ2v) is 6.31. The first kappa shape index (κ1) is 17.3. The molecule has 0 spiro atoms. The summed E-state index contributed by atoms with van der Waals surface area (Å²) < 4.78 is 31.4. The summed E-state index contributed by atoms with van der Waals surface area (Å²) in [5.74, 6) is -4.88. The molecule has 1 amide bonds. The number of carboxylic acid groups (broad SMARTS) is 1. The van der Waals surface area contributed by atoms with Gasteiger partial charge in [0.25, 0.3) is 0 Å². The fourth-order valence-corrected chi connectivity index (χ4v) is 2.97. The van der Waals surface area contributed by atoms with Crippen LogP contribution in [0.15, 0.2) is 18.2 Å². The third kappa shape index (κ3) is 3.34. The van der Waals surface area contributed by atoms with Crippen LogP contribution in [-0.2, 0) is 14.3 Å². The maximum Gasteiger partial charge on any atom is 0.307 e. The number of halogens is 2. The van der Waals surface area contributed by atoms with Gasteiger partial charge in [-0.2, -0.15) is 0 Å². The molecule has 2 N–H and O–H groups in total. The summed E-state index contributed by atoms with van der Waals surface area (Å²) in [7, 11) is 1.42. The maximum atomic E-state index is 13.4. The van der Waals surface area contributed by atoms with E-state index >= 15 is 0 Å². The summed E-state index contributed by atoms with van der Waals surface area (Å²) in [6.45, 7) is 3.47. The Bertz CT molecular complexity index is 633. The zero-order valence-corrected chi connectivity index (χ0v) is 13.1. The summed E-state index contributed by atoms with van der Waals surface area (Å²) in [6, 6.07) is 2.63. The number of rotatable bonds is 6. The molecule has 1 aliphatic carbocycles. The van der Waals surface area contributed by atoms with Crippen LogP contribution in [0.25, 0.3) is 0 Å². The number of nitrogens with one attached hydrogen (secondary N) is 1. The molecule has 0 aliphatic heterocycles. The molecule has 0 aromatic heterocycles. The van der Waals surface area contributed by atoms with E-state index in [1.54, 1.807) is 13.8 Å². The Hall–Kier alpha value is -2.02. The van der Waals surface area contributed by atoms with Crippen molar-refractivity contribution < 1.29 is 28.2 Å². The van der Waals surface area contributed by atoms with Gasteiger partial charge in [0, 0.05) is 7.11 Å². The first-order valence-electron chi connectivity index (χ1n) is 7.17. The molecule has 1 fully saturated rings. The average molecular weight is 327 g/mol. The average Bonchev–Trinajstić information content (AvgIpc) is 3.04. The van der Waals surface area contributed by atoms with E-state index < -0.39 is 46.8 Å². The first-order valence-corrected chi connectivity index (χ1v) is 7.17. The minimum absolute atomic E-state index is 0.0572. The lowest BCUT2D eigenvalue weighted by Gasteiger charge is -2.19. The summed E-state index contributed by atoms with van der Waals surface area (Å²) in [5.41, 5.74) is -0.286. The van der Waals surface area contributed by atoms with Crippen molar-refractivity contribution >= 4 is 11.9 Å². The number of aliphatic carboxylic acids is 1. The van der Waals surface area contributed by atoms with E-state index in [4.69, 9.17) is 9.84 Å². The smallest absolute Gasteiger partial charge is 0.307 e. The van der Waals surface area contributed by atoms with E-state index in [0.717, 1.165) is 12.1 Å². The highest BCUT2D eigenvalue weighted by Gasteiger charge is 2.66. The second kappa shape index (κ2) is 6.23. The van der Waals surface area contributed by atoms with Gasteiger partial charge in [-0.3, -0.25) is 9.59 Å². The van der Waals surface area contributed by atoms with E-state index in [0.29, 0.717) is 5.56 Å². The van der Waals surface area contributed by atoms with E-state index in [9.17, 15) is 18.4 Å². The standard InChI is InChI=1S/C16H19F2NO4/c1-16(2)12(13(16)15(21)22)14(20)19-11(7-23-3)8-4-5-9(17)10(18)6-8/h4-6,11-13H,7H2,1-3H3,(H,19,20)(H,21,22)/t11?,12-,13+/m0/s1. The Balaban J connectivity index is 2.15. The molecule has 5 nitrogen and oxygen atoms in total. The van der Waals surface area contributed by atoms with E-state index in [2.05, 4.69) is 5.32 Å². The molecule has 1 saturated carbocycles. The van der Waals surface area contributed by atoms with Gasteiger partial charge in [-0.25, -0.2) is 8.78 Å². The lowest BCUT2D eigenvalue weighted by molar-refractivity contribution is -0.140. The minimum Gasteiger partial charge on any atom is -0.481 e. The lowest BCUT2D eigenvalue weighted by atomic mass is 10.1. The van der Waals surface area contributed by atoms with Crippen LogP contribution in [0.5, 0.6) is 0 Å². The van der Waals surface area contributed by atoms with Crippen LogP contribution < -0.4 is 5.32 Å². The van der Waals surface area contributed by atoms with Crippen LogP contribution in [0, 0.1) is 28.9 Å². The van der Waals surface area contributed by atoms with Gasteiger partial charge in [-0.15, -0.1) is 0 Å². The van der Waals surface area contributed by atoms with Crippen molar-refractivity contribution in [2.45, 2.75) is 19.9 Å². The predicted molar refractivity (Wildman–Crippen MR) is 77.5 cm³/mol. The molecule has 0 heterocycles. The highest BCUT2D eigenvalue weighted by atomic mass is 19.2. The van der Waals surface area contributed by atoms with Gasteiger partial charge in [0.2, 0.25) is 5.91 Å². The van der Waals surface area contributed by atoms with E-state index in [1.807, 2.05) is 0 Å². The molecular formula is C16H19F2NO4. The molecule has 1 unspecified atom stereocenters. The van der Waals surface area contributed by atoms with Crippen molar-refractivity contribution in [1.82, 2.24) is 5.32 Å². The molecule has 1 aromatic rings. The summed E-state index contributed by atoms with van der Waals surface area (Å²) in [4.78, 5) is 23.5. The molecule has 0 bridgehead atoms. The van der Waals surface area contributed by atoms with Gasteiger partial charge in [-0.1, -0.05) is 19.9 Å². The number of methoxy groups -OCH3 is 1. The SMILES string of the molecule is COCC(NC(=O)[C@@H]1[C@H](C(=O)O)C1(C)C)c1ccc(F)c(F)c1. The Labute approximate surface area is 132 Å². The third-order valence-electron chi connectivity index (χ3n) is 4.37. The van der Waals surface area contributed by atoms with Crippen molar-refractivity contribution in [2.75, 3.05) is 13.7 Å². The third-order valence-corrected chi connectivity index (χ3v) is 4.37. The Kier molecular flexibility index (Phi) is 4.70. The van der Waals surface area contributed by atoms with Gasteiger partial charge in [-0.05, 0) is 23.1 Å². The van der Waals surface area contributed by atoms with Crippen LogP contribution in [0.4, 0.5) is 8.78 Å². The number of benzene rings is 1. The lowest BCUT2D eigenvalue weighted by Crippen LogP contribution is -2.34. The first-order chi connectivity index (χ1) is 10.7. The van der Waals surface area contributed by atoms with E-state index in [-0.39, 0.29) is 6.61 Å². The molecule has 0 saturated heterocycles. The van der Waals surface area contributed by atoms with Crippen molar-refractivity contribution in [1.29, 1.82) is 0 Å². The minimum atomic E-state index is -1.02. The van der Waals surface area contributed by atoms with Crippen LogP contribution in [0.2, 0.25) is 0 Å². The number of carbonyl (C=O) groups is 2. The molecule has 0 radical (unpaired) electrons. The molecule has 1 aromatic carbocycles. The molecule has 23 heavy (non-hydrogen) atoms. The molecule has 7 heteroatoms. The molecule has 126 valence electrons.